The highest BCUT2D eigenvalue weighted by atomic mass is 32.1. The van der Waals surface area contributed by atoms with Gasteiger partial charge in [0.2, 0.25) is 0 Å². The Labute approximate surface area is 141 Å². The van der Waals surface area contributed by atoms with Gasteiger partial charge in [0.25, 0.3) is 0 Å². The molecule has 4 nitrogen and oxygen atoms in total. The van der Waals surface area contributed by atoms with E-state index in [1.807, 2.05) is 24.0 Å². The summed E-state index contributed by atoms with van der Waals surface area (Å²) in [5.41, 5.74) is 1.20. The van der Waals surface area contributed by atoms with Gasteiger partial charge in [0.15, 0.2) is 0 Å². The van der Waals surface area contributed by atoms with Crippen molar-refractivity contribution in [3.63, 3.8) is 0 Å². The van der Waals surface area contributed by atoms with E-state index in [1.165, 1.54) is 15.6 Å². The summed E-state index contributed by atoms with van der Waals surface area (Å²) in [4.78, 5) is 14.4. The normalized spacial score (nSPS) is 17.4. The molecular weight excluding hydrogens is 308 g/mol. The van der Waals surface area contributed by atoms with Crippen molar-refractivity contribution in [2.24, 2.45) is 0 Å². The zero-order valence-corrected chi connectivity index (χ0v) is 14.6. The predicted molar refractivity (Wildman–Crippen MR) is 95.0 cm³/mol. The molecule has 1 aliphatic rings. The van der Waals surface area contributed by atoms with Gasteiger partial charge in [-0.2, -0.15) is 0 Å². The number of fused-ring (bicyclic) bond motifs is 1. The molecule has 2 amide bonds. The smallest absolute Gasteiger partial charge is 0.317 e. The Morgan fingerprint density at radius 1 is 1.39 bits per heavy atom. The Hall–Kier alpha value is -1.59. The molecule has 124 valence electrons. The third-order valence-electron chi connectivity index (χ3n) is 4.45. The Bertz CT molecular complexity index is 662. The molecule has 1 aromatic carbocycles. The van der Waals surface area contributed by atoms with Crippen molar-refractivity contribution in [1.82, 2.24) is 10.2 Å². The standard InChI is InChI=1S/C18H24N2O2S/c1-3-22-14-8-10-20(11-9-14)18(21)19-13(2)16-12-23-17-7-5-4-6-15(16)17/h4-7,12-14H,3,8-11H2,1-2H3,(H,19,21). The highest BCUT2D eigenvalue weighted by molar-refractivity contribution is 7.17. The van der Waals surface area contributed by atoms with Crippen LogP contribution in [-0.2, 0) is 4.74 Å². The number of hydrogen-bond donors (Lipinski definition) is 1. The van der Waals surface area contributed by atoms with E-state index < -0.39 is 0 Å². The number of nitrogens with one attached hydrogen (secondary N) is 1. The highest BCUT2D eigenvalue weighted by Crippen LogP contribution is 2.30. The number of nitrogens with zero attached hydrogens (tertiary/aromatic N) is 1. The lowest BCUT2D eigenvalue weighted by Gasteiger charge is -2.32. The first-order valence-electron chi connectivity index (χ1n) is 8.32. The van der Waals surface area contributed by atoms with Crippen molar-refractivity contribution in [2.75, 3.05) is 19.7 Å². The van der Waals surface area contributed by atoms with Crippen LogP contribution in [0.2, 0.25) is 0 Å². The SMILES string of the molecule is CCOC1CCN(C(=O)NC(C)c2csc3ccccc23)CC1. The lowest BCUT2D eigenvalue weighted by Crippen LogP contribution is -2.46. The molecule has 0 saturated carbocycles. The van der Waals surface area contributed by atoms with Gasteiger partial charge in [-0.15, -0.1) is 11.3 Å². The summed E-state index contributed by atoms with van der Waals surface area (Å²) >= 11 is 1.73. The summed E-state index contributed by atoms with van der Waals surface area (Å²) in [7, 11) is 0. The van der Waals surface area contributed by atoms with E-state index in [0.29, 0.717) is 6.10 Å². The van der Waals surface area contributed by atoms with Crippen LogP contribution in [0.5, 0.6) is 0 Å². The quantitative estimate of drug-likeness (QED) is 0.913. The van der Waals surface area contributed by atoms with E-state index in [0.717, 1.165) is 32.5 Å². The minimum atomic E-state index is 0.0169. The summed E-state index contributed by atoms with van der Waals surface area (Å²) < 4.78 is 6.91. The van der Waals surface area contributed by atoms with Gasteiger partial charge >= 0.3 is 6.03 Å². The fourth-order valence-corrected chi connectivity index (χ4v) is 4.20. The molecule has 5 heteroatoms. The Balaban J connectivity index is 1.60. The number of urea groups is 1. The Morgan fingerprint density at radius 3 is 2.87 bits per heavy atom. The van der Waals surface area contributed by atoms with Gasteiger partial charge in [0.1, 0.15) is 0 Å². The van der Waals surface area contributed by atoms with Crippen LogP contribution in [0.3, 0.4) is 0 Å². The van der Waals surface area contributed by atoms with E-state index in [-0.39, 0.29) is 12.1 Å². The number of thiophene rings is 1. The maximum Gasteiger partial charge on any atom is 0.317 e. The molecule has 2 aromatic rings. The van der Waals surface area contributed by atoms with E-state index in [4.69, 9.17) is 4.74 Å². The first-order valence-corrected chi connectivity index (χ1v) is 9.20. The Morgan fingerprint density at radius 2 is 2.13 bits per heavy atom. The molecule has 1 aromatic heterocycles. The van der Waals surface area contributed by atoms with Gasteiger partial charge in [-0.25, -0.2) is 4.79 Å². The van der Waals surface area contributed by atoms with Crippen LogP contribution in [-0.4, -0.2) is 36.7 Å². The maximum absolute atomic E-state index is 12.5. The Kier molecular flexibility index (Phi) is 5.18. The van der Waals surface area contributed by atoms with Crippen molar-refractivity contribution < 1.29 is 9.53 Å². The average molecular weight is 332 g/mol. The molecule has 0 aliphatic carbocycles. The summed E-state index contributed by atoms with van der Waals surface area (Å²) in [6.45, 7) is 6.37. The van der Waals surface area contributed by atoms with Crippen LogP contribution in [0.15, 0.2) is 29.6 Å². The lowest BCUT2D eigenvalue weighted by atomic mass is 10.1. The third-order valence-corrected chi connectivity index (χ3v) is 5.43. The molecule has 0 bridgehead atoms. The first kappa shape index (κ1) is 16.3. The molecule has 0 spiro atoms. The summed E-state index contributed by atoms with van der Waals surface area (Å²) in [5, 5.41) is 6.53. The van der Waals surface area contributed by atoms with Crippen molar-refractivity contribution in [2.45, 2.75) is 38.8 Å². The molecule has 1 atom stereocenters. The van der Waals surface area contributed by atoms with Crippen molar-refractivity contribution in [3.05, 3.63) is 35.2 Å². The number of likely N-dealkylation sites (tertiary alicyclic amines) is 1. The average Bonchev–Trinajstić information content (AvgIpc) is 3.00. The minimum absolute atomic E-state index is 0.0169. The number of carbonyl (C=O) groups is 1. The van der Waals surface area contributed by atoms with Crippen LogP contribution in [0, 0.1) is 0 Å². The van der Waals surface area contributed by atoms with Crippen molar-refractivity contribution >= 4 is 27.5 Å². The largest absolute Gasteiger partial charge is 0.378 e. The number of rotatable bonds is 4. The molecule has 1 saturated heterocycles. The predicted octanol–water partition coefficient (Wildman–Crippen LogP) is 4.17. The lowest BCUT2D eigenvalue weighted by molar-refractivity contribution is 0.0218. The first-order chi connectivity index (χ1) is 11.2. The zero-order chi connectivity index (χ0) is 16.2. The van der Waals surface area contributed by atoms with Crippen molar-refractivity contribution in [1.29, 1.82) is 0 Å². The number of ether oxygens (including phenoxy) is 1. The molecule has 1 N–H and O–H groups in total. The number of carbonyl (C=O) groups excluding carboxylic acids is 1. The molecule has 1 fully saturated rings. The van der Waals surface area contributed by atoms with E-state index >= 15 is 0 Å². The molecule has 1 aliphatic heterocycles. The van der Waals surface area contributed by atoms with Crippen molar-refractivity contribution in [3.8, 4) is 0 Å². The van der Waals surface area contributed by atoms with Gasteiger partial charge < -0.3 is 15.0 Å². The van der Waals surface area contributed by atoms with E-state index in [2.05, 4.69) is 29.8 Å². The topological polar surface area (TPSA) is 41.6 Å². The van der Waals surface area contributed by atoms with Crippen LogP contribution in [0.25, 0.3) is 10.1 Å². The zero-order valence-electron chi connectivity index (χ0n) is 13.7. The summed E-state index contributed by atoms with van der Waals surface area (Å²) in [5.74, 6) is 0. The van der Waals surface area contributed by atoms with Gasteiger partial charge in [-0.05, 0) is 49.1 Å². The van der Waals surface area contributed by atoms with Gasteiger partial charge in [-0.3, -0.25) is 0 Å². The number of piperidine rings is 1. The van der Waals surface area contributed by atoms with E-state index in [9.17, 15) is 4.79 Å². The summed E-state index contributed by atoms with van der Waals surface area (Å²) in [6, 6.07) is 8.39. The van der Waals surface area contributed by atoms with Gasteiger partial charge in [0, 0.05) is 24.4 Å². The molecule has 0 radical (unpaired) electrons. The maximum atomic E-state index is 12.5. The number of benzene rings is 1. The number of amides is 2. The highest BCUT2D eigenvalue weighted by Gasteiger charge is 2.24. The van der Waals surface area contributed by atoms with Crippen LogP contribution in [0.1, 0.15) is 38.3 Å². The summed E-state index contributed by atoms with van der Waals surface area (Å²) in [6.07, 6.45) is 2.16. The number of hydrogen-bond acceptors (Lipinski definition) is 3. The van der Waals surface area contributed by atoms with E-state index in [1.54, 1.807) is 11.3 Å². The second-order valence-corrected chi connectivity index (χ2v) is 6.91. The molecule has 2 heterocycles. The molecule has 1 unspecified atom stereocenters. The molecule has 3 rings (SSSR count). The van der Waals surface area contributed by atoms with Crippen LogP contribution < -0.4 is 5.32 Å². The van der Waals surface area contributed by atoms with Gasteiger partial charge in [-0.1, -0.05) is 18.2 Å². The fraction of sp³-hybridized carbons (Fsp3) is 0.500. The second kappa shape index (κ2) is 7.32. The fourth-order valence-electron chi connectivity index (χ4n) is 3.15. The van der Waals surface area contributed by atoms with Crippen LogP contribution in [0.4, 0.5) is 4.79 Å². The van der Waals surface area contributed by atoms with Gasteiger partial charge in [0.05, 0.1) is 12.1 Å². The molecular formula is C18H24N2O2S. The second-order valence-electron chi connectivity index (χ2n) is 6.00. The molecule has 23 heavy (non-hydrogen) atoms. The van der Waals surface area contributed by atoms with Crippen LogP contribution >= 0.6 is 11.3 Å². The third kappa shape index (κ3) is 3.67. The monoisotopic (exact) mass is 332 g/mol. The minimum Gasteiger partial charge on any atom is -0.378 e.